The van der Waals surface area contributed by atoms with E-state index in [1.54, 1.807) is 0 Å². The Morgan fingerprint density at radius 2 is 1.24 bits per heavy atom. The molecule has 0 aliphatic carbocycles. The Kier molecular flexibility index (Phi) is 12.8. The van der Waals surface area contributed by atoms with E-state index in [1.165, 1.54) is 37.9 Å². The van der Waals surface area contributed by atoms with Gasteiger partial charge in [0.1, 0.15) is 5.58 Å². The SMILES string of the molecule is CC(C)c1cc(-c2ccccc2)cc(C(C)C)c1-n1c(-c2[c-]ccc3c2oc2cc(-c4ccccc4)ccc23)nc2ccccc21.[CH3][Ge]([CH3])([CH3])[c]1ccc(-c2[c-]cccc2)nc1.[Ir]. The van der Waals surface area contributed by atoms with Gasteiger partial charge in [0, 0.05) is 31.2 Å². The minimum Gasteiger partial charge on any atom is 0 e. The Morgan fingerprint density at radius 3 is 1.86 bits per heavy atom. The Balaban J connectivity index is 0.000000271. The average molecular weight is 1060 g/mol. The van der Waals surface area contributed by atoms with E-state index in [9.17, 15) is 0 Å². The fourth-order valence-electron chi connectivity index (χ4n) is 8.30. The van der Waals surface area contributed by atoms with Crippen molar-refractivity contribution in [3.63, 3.8) is 0 Å². The zero-order valence-corrected chi connectivity index (χ0v) is 41.4. The summed E-state index contributed by atoms with van der Waals surface area (Å²) in [5.41, 5.74) is 15.2. The van der Waals surface area contributed by atoms with Crippen LogP contribution in [0.5, 0.6) is 0 Å². The molecule has 0 atom stereocenters. The predicted octanol–water partition coefficient (Wildman–Crippen LogP) is 15.1. The third-order valence-electron chi connectivity index (χ3n) is 11.7. The molecule has 63 heavy (non-hydrogen) atoms. The molecule has 315 valence electrons. The van der Waals surface area contributed by atoms with E-state index in [1.807, 2.05) is 42.6 Å². The number of furan rings is 1. The van der Waals surface area contributed by atoms with Gasteiger partial charge in [0.2, 0.25) is 0 Å². The number of hydrogen-bond acceptors (Lipinski definition) is 3. The molecular formula is C57H51GeIrN3O-2. The first-order valence-electron chi connectivity index (χ1n) is 21.6. The van der Waals surface area contributed by atoms with E-state index < -0.39 is 13.3 Å². The van der Waals surface area contributed by atoms with Crippen LogP contribution in [-0.4, -0.2) is 27.8 Å². The Hall–Kier alpha value is -5.85. The van der Waals surface area contributed by atoms with Crippen molar-refractivity contribution in [2.75, 3.05) is 0 Å². The summed E-state index contributed by atoms with van der Waals surface area (Å²) in [5, 5.41) is 2.15. The van der Waals surface area contributed by atoms with E-state index in [4.69, 9.17) is 9.40 Å². The number of benzene rings is 7. The van der Waals surface area contributed by atoms with Crippen molar-refractivity contribution >= 4 is 50.6 Å². The molecule has 3 heterocycles. The number of imidazole rings is 1. The van der Waals surface area contributed by atoms with Crippen molar-refractivity contribution in [1.29, 1.82) is 0 Å². The summed E-state index contributed by atoms with van der Waals surface area (Å²) < 4.78 is 10.5. The summed E-state index contributed by atoms with van der Waals surface area (Å²) in [6.07, 6.45) is 2.04. The molecule has 0 saturated heterocycles. The molecule has 6 heteroatoms. The molecule has 0 spiro atoms. The van der Waals surface area contributed by atoms with Crippen LogP contribution >= 0.6 is 0 Å². The standard InChI is InChI=1S/C43H35N2O.C14H16GeN.Ir/c1-27(2)36-24-32(30-16-9-6-10-17-30)25-37(28(3)4)41(36)45-39-21-12-11-20-38(39)44-43(45)35-19-13-18-34-33-23-22-31(26-40(33)46-42(34)35)29-14-7-5-8-15-29;1-15(2,3)13-9-10-14(16-11-13)12-7-5-4-6-8-12;/h5-18,20-28H,1-4H3;4-7,9-11H,1-3H3;/q2*-1;. The molecule has 3 aromatic heterocycles. The molecule has 0 saturated carbocycles. The normalized spacial score (nSPS) is 11.6. The molecule has 4 nitrogen and oxygen atoms in total. The summed E-state index contributed by atoms with van der Waals surface area (Å²) in [6.45, 7) is 9.14. The first-order chi connectivity index (χ1) is 30.0. The number of rotatable bonds is 8. The molecule has 0 fully saturated rings. The Labute approximate surface area is 387 Å². The quantitative estimate of drug-likeness (QED) is 0.113. The summed E-state index contributed by atoms with van der Waals surface area (Å²) in [4.78, 5) is 9.83. The van der Waals surface area contributed by atoms with Gasteiger partial charge in [0.15, 0.2) is 0 Å². The second-order valence-electron chi connectivity index (χ2n) is 17.7. The second-order valence-corrected chi connectivity index (χ2v) is 28.3. The molecule has 0 aliphatic heterocycles. The minimum absolute atomic E-state index is 0. The van der Waals surface area contributed by atoms with Crippen LogP contribution in [0.3, 0.4) is 0 Å². The van der Waals surface area contributed by atoms with Gasteiger partial charge < -0.3 is 8.98 Å². The number of hydrogen-bond donors (Lipinski definition) is 0. The van der Waals surface area contributed by atoms with Gasteiger partial charge in [-0.3, -0.25) is 4.98 Å². The Bertz CT molecular complexity index is 3120. The van der Waals surface area contributed by atoms with Crippen LogP contribution in [0.25, 0.3) is 83.6 Å². The number of para-hydroxylation sites is 2. The van der Waals surface area contributed by atoms with Crippen molar-refractivity contribution in [3.8, 4) is 50.6 Å². The largest absolute Gasteiger partial charge is 0 e. The Morgan fingerprint density at radius 1 is 0.587 bits per heavy atom. The maximum Gasteiger partial charge on any atom is 0 e. The van der Waals surface area contributed by atoms with Gasteiger partial charge in [-0.25, -0.2) is 0 Å². The maximum atomic E-state index is 6.73. The number of pyridine rings is 1. The molecule has 7 aromatic carbocycles. The topological polar surface area (TPSA) is 43.9 Å². The van der Waals surface area contributed by atoms with Crippen LogP contribution in [0.2, 0.25) is 17.3 Å². The molecule has 0 unspecified atom stereocenters. The summed E-state index contributed by atoms with van der Waals surface area (Å²) in [7, 11) is 0. The summed E-state index contributed by atoms with van der Waals surface area (Å²) >= 11 is -1.72. The van der Waals surface area contributed by atoms with Gasteiger partial charge >= 0.3 is 99.8 Å². The van der Waals surface area contributed by atoms with E-state index in [-0.39, 0.29) is 31.9 Å². The first-order valence-corrected chi connectivity index (χ1v) is 29.0. The fraction of sp³-hybridized carbons (Fsp3) is 0.158. The third kappa shape index (κ3) is 8.88. The predicted molar refractivity (Wildman–Crippen MR) is 263 cm³/mol. The van der Waals surface area contributed by atoms with Crippen LogP contribution in [0.4, 0.5) is 0 Å². The van der Waals surface area contributed by atoms with Crippen molar-refractivity contribution < 1.29 is 24.5 Å². The zero-order valence-electron chi connectivity index (χ0n) is 36.9. The van der Waals surface area contributed by atoms with E-state index in [2.05, 4.69) is 194 Å². The summed E-state index contributed by atoms with van der Waals surface area (Å²) in [5.74, 6) is 8.55. The molecule has 10 aromatic rings. The zero-order chi connectivity index (χ0) is 43.0. The second kappa shape index (κ2) is 18.5. The minimum atomic E-state index is -1.72. The molecule has 10 rings (SSSR count). The van der Waals surface area contributed by atoms with Crippen LogP contribution in [-0.2, 0) is 20.1 Å². The van der Waals surface area contributed by atoms with Gasteiger partial charge in [0.25, 0.3) is 0 Å². The molecule has 0 amide bonds. The van der Waals surface area contributed by atoms with E-state index >= 15 is 0 Å². The molecule has 1 radical (unpaired) electrons. The van der Waals surface area contributed by atoms with Crippen LogP contribution in [0, 0.1) is 12.1 Å². The summed E-state index contributed by atoms with van der Waals surface area (Å²) in [6, 6.07) is 64.0. The average Bonchev–Trinajstić information content (AvgIpc) is 3.88. The van der Waals surface area contributed by atoms with Crippen LogP contribution in [0.15, 0.2) is 174 Å². The fourth-order valence-corrected chi connectivity index (χ4v) is 10.5. The molecule has 0 bridgehead atoms. The van der Waals surface area contributed by atoms with Crippen LogP contribution in [0.1, 0.15) is 50.7 Å². The van der Waals surface area contributed by atoms with Crippen LogP contribution < -0.4 is 4.40 Å². The van der Waals surface area contributed by atoms with Gasteiger partial charge in [-0.05, 0) is 75.5 Å². The number of fused-ring (bicyclic) bond motifs is 4. The van der Waals surface area contributed by atoms with E-state index in [0.717, 1.165) is 61.2 Å². The van der Waals surface area contributed by atoms with Crippen molar-refractivity contribution in [2.45, 2.75) is 56.8 Å². The molecular weight excluding hydrogens is 1010 g/mol. The van der Waals surface area contributed by atoms with Gasteiger partial charge in [-0.1, -0.05) is 124 Å². The monoisotopic (exact) mass is 1060 g/mol. The van der Waals surface area contributed by atoms with Crippen molar-refractivity contribution in [3.05, 3.63) is 193 Å². The molecule has 0 aliphatic rings. The van der Waals surface area contributed by atoms with Gasteiger partial charge in [0.05, 0.1) is 22.4 Å². The number of nitrogens with zero attached hydrogens (tertiary/aromatic N) is 3. The molecule has 0 N–H and O–H groups in total. The van der Waals surface area contributed by atoms with Crippen molar-refractivity contribution in [2.24, 2.45) is 0 Å². The van der Waals surface area contributed by atoms with Crippen molar-refractivity contribution in [1.82, 2.24) is 14.5 Å². The first kappa shape index (κ1) is 43.8. The van der Waals surface area contributed by atoms with Gasteiger partial charge in [-0.15, -0.1) is 18.2 Å². The third-order valence-corrected chi connectivity index (χ3v) is 15.9. The number of aromatic nitrogens is 3. The maximum absolute atomic E-state index is 6.73. The van der Waals surface area contributed by atoms with Gasteiger partial charge in [-0.2, -0.15) is 0 Å². The van der Waals surface area contributed by atoms with E-state index in [0.29, 0.717) is 0 Å². The smallest absolute Gasteiger partial charge is 0 e.